The lowest BCUT2D eigenvalue weighted by Crippen LogP contribution is -2.18. The molecule has 1 atom stereocenters. The van der Waals surface area contributed by atoms with Crippen molar-refractivity contribution in [3.05, 3.63) is 0 Å². The molecule has 0 unspecified atom stereocenters. The fourth-order valence-electron chi connectivity index (χ4n) is 1.49. The van der Waals surface area contributed by atoms with Crippen molar-refractivity contribution >= 4 is 35.1 Å². The average Bonchev–Trinajstić information content (AvgIpc) is 2.30. The molecule has 0 fully saturated rings. The molecule has 94 valence electrons. The first-order valence-electron chi connectivity index (χ1n) is 5.68. The lowest BCUT2D eigenvalue weighted by atomic mass is 9.93. The lowest BCUT2D eigenvalue weighted by molar-refractivity contribution is -0.127. The minimum atomic E-state index is -0.0403. The number of Topliss-reactive ketones (excluding diaryl/α,β-unsaturated/α-hetero) is 2. The van der Waals surface area contributed by atoms with Gasteiger partial charge in [0.1, 0.15) is 11.6 Å². The van der Waals surface area contributed by atoms with Crippen LogP contribution in [0.25, 0.3) is 0 Å². The second-order valence-electron chi connectivity index (χ2n) is 3.80. The minimum Gasteiger partial charge on any atom is -0.300 e. The molecule has 0 aromatic heterocycles. The van der Waals surface area contributed by atoms with Crippen molar-refractivity contribution in [1.82, 2.24) is 0 Å². The number of carbonyl (C=O) groups excluding carboxylic acids is 2. The highest BCUT2D eigenvalue weighted by Gasteiger charge is 2.18. The second-order valence-corrected chi connectivity index (χ2v) is 5.77. The Morgan fingerprint density at radius 1 is 1.06 bits per heavy atom. The first-order chi connectivity index (χ1) is 7.65. The van der Waals surface area contributed by atoms with Gasteiger partial charge < -0.3 is 0 Å². The molecule has 0 saturated carbocycles. The highest BCUT2D eigenvalue weighted by atomic mass is 32.2. The Kier molecular flexibility index (Phi) is 10.2. The smallest absolute Gasteiger partial charge is 0.137 e. The van der Waals surface area contributed by atoms with Crippen molar-refractivity contribution in [2.45, 2.75) is 32.6 Å². The van der Waals surface area contributed by atoms with Crippen LogP contribution in [0.4, 0.5) is 0 Å². The van der Waals surface area contributed by atoms with Crippen LogP contribution in [-0.4, -0.2) is 35.6 Å². The highest BCUT2D eigenvalue weighted by molar-refractivity contribution is 7.98. The molecule has 0 amide bonds. The summed E-state index contributed by atoms with van der Waals surface area (Å²) in [5.41, 5.74) is 0. The maximum Gasteiger partial charge on any atom is 0.137 e. The summed E-state index contributed by atoms with van der Waals surface area (Å²) < 4.78 is 0. The Hall–Kier alpha value is 0.0400. The summed E-state index contributed by atoms with van der Waals surface area (Å²) in [7, 11) is 0. The fourth-order valence-corrected chi connectivity index (χ4v) is 2.32. The van der Waals surface area contributed by atoms with Gasteiger partial charge in [0.25, 0.3) is 0 Å². The number of hydrogen-bond donors (Lipinski definition) is 0. The van der Waals surface area contributed by atoms with Crippen molar-refractivity contribution in [2.24, 2.45) is 5.92 Å². The zero-order valence-corrected chi connectivity index (χ0v) is 12.1. The number of carbonyl (C=O) groups is 2. The third kappa shape index (κ3) is 7.34. The minimum absolute atomic E-state index is 0.0403. The zero-order valence-electron chi connectivity index (χ0n) is 10.5. The Morgan fingerprint density at radius 2 is 1.62 bits per heavy atom. The summed E-state index contributed by atoms with van der Waals surface area (Å²) in [6.45, 7) is 1.99. The Bertz CT molecular complexity index is 217. The highest BCUT2D eigenvalue weighted by Crippen LogP contribution is 2.15. The van der Waals surface area contributed by atoms with Crippen molar-refractivity contribution < 1.29 is 9.59 Å². The molecule has 0 aromatic carbocycles. The van der Waals surface area contributed by atoms with Crippen LogP contribution in [0.15, 0.2) is 0 Å². The zero-order chi connectivity index (χ0) is 12.4. The van der Waals surface area contributed by atoms with Gasteiger partial charge in [0.2, 0.25) is 0 Å². The van der Waals surface area contributed by atoms with Crippen molar-refractivity contribution in [1.29, 1.82) is 0 Å². The van der Waals surface area contributed by atoms with E-state index in [0.717, 1.165) is 17.9 Å². The van der Waals surface area contributed by atoms with E-state index >= 15 is 0 Å². The van der Waals surface area contributed by atoms with Gasteiger partial charge in [0.05, 0.1) is 0 Å². The summed E-state index contributed by atoms with van der Waals surface area (Å²) >= 11 is 3.36. The molecule has 0 rings (SSSR count). The Morgan fingerprint density at radius 3 is 2.12 bits per heavy atom. The summed E-state index contributed by atoms with van der Waals surface area (Å²) in [6.07, 6.45) is 6.44. The molecule has 0 aliphatic rings. The van der Waals surface area contributed by atoms with Crippen LogP contribution in [0.3, 0.4) is 0 Å². The van der Waals surface area contributed by atoms with Gasteiger partial charge in [-0.2, -0.15) is 23.5 Å². The summed E-state index contributed by atoms with van der Waals surface area (Å²) in [6, 6.07) is 0. The molecule has 0 aromatic rings. The van der Waals surface area contributed by atoms with Crippen LogP contribution in [0.5, 0.6) is 0 Å². The standard InChI is InChI=1S/C12H22O2S2/c1-4-10(12(14)6-8-16-3)9-11(13)5-7-15-2/h10H,4-9H2,1-3H3/t10-/m1/s1. The van der Waals surface area contributed by atoms with Gasteiger partial charge >= 0.3 is 0 Å². The van der Waals surface area contributed by atoms with E-state index in [2.05, 4.69) is 0 Å². The normalized spacial score (nSPS) is 12.4. The van der Waals surface area contributed by atoms with Crippen molar-refractivity contribution in [3.63, 3.8) is 0 Å². The van der Waals surface area contributed by atoms with E-state index in [9.17, 15) is 9.59 Å². The summed E-state index contributed by atoms with van der Waals surface area (Å²) in [5, 5.41) is 0. The molecule has 0 radical (unpaired) electrons. The number of thioether (sulfide) groups is 2. The van der Waals surface area contributed by atoms with Gasteiger partial charge in [-0.25, -0.2) is 0 Å². The number of ketones is 2. The van der Waals surface area contributed by atoms with E-state index in [1.54, 1.807) is 23.5 Å². The predicted molar refractivity (Wildman–Crippen MR) is 74.4 cm³/mol. The summed E-state index contributed by atoms with van der Waals surface area (Å²) in [5.74, 6) is 2.19. The third-order valence-corrected chi connectivity index (χ3v) is 3.78. The Balaban J connectivity index is 3.97. The SMILES string of the molecule is CC[C@H](CC(=O)CCSC)C(=O)CCSC. The predicted octanol–water partition coefficient (Wildman–Crippen LogP) is 3.05. The molecule has 0 bridgehead atoms. The molecule has 0 saturated heterocycles. The molecular formula is C12H22O2S2. The molecule has 0 N–H and O–H groups in total. The van der Waals surface area contributed by atoms with Gasteiger partial charge in [-0.1, -0.05) is 6.92 Å². The van der Waals surface area contributed by atoms with Crippen LogP contribution in [-0.2, 0) is 9.59 Å². The van der Waals surface area contributed by atoms with Gasteiger partial charge in [-0.05, 0) is 30.4 Å². The molecule has 0 spiro atoms. The van der Waals surface area contributed by atoms with Gasteiger partial charge in [-0.15, -0.1) is 0 Å². The van der Waals surface area contributed by atoms with Crippen LogP contribution in [0.1, 0.15) is 32.6 Å². The largest absolute Gasteiger partial charge is 0.300 e. The molecule has 4 heteroatoms. The first kappa shape index (κ1) is 16.0. The fraction of sp³-hybridized carbons (Fsp3) is 0.833. The molecule has 2 nitrogen and oxygen atoms in total. The van der Waals surface area contributed by atoms with E-state index in [0.29, 0.717) is 19.3 Å². The molecule has 0 heterocycles. The van der Waals surface area contributed by atoms with Crippen molar-refractivity contribution in [3.8, 4) is 0 Å². The quantitative estimate of drug-likeness (QED) is 0.606. The molecular weight excluding hydrogens is 240 g/mol. The molecule has 0 aliphatic carbocycles. The second kappa shape index (κ2) is 10.2. The van der Waals surface area contributed by atoms with Gasteiger partial charge in [0.15, 0.2) is 0 Å². The monoisotopic (exact) mass is 262 g/mol. The van der Waals surface area contributed by atoms with E-state index in [1.165, 1.54) is 0 Å². The maximum absolute atomic E-state index is 11.8. The lowest BCUT2D eigenvalue weighted by Gasteiger charge is -2.12. The van der Waals surface area contributed by atoms with Crippen LogP contribution < -0.4 is 0 Å². The topological polar surface area (TPSA) is 34.1 Å². The Labute approximate surface area is 107 Å². The van der Waals surface area contributed by atoms with Crippen LogP contribution in [0.2, 0.25) is 0 Å². The van der Waals surface area contributed by atoms with Crippen LogP contribution in [0, 0.1) is 5.92 Å². The van der Waals surface area contributed by atoms with Gasteiger partial charge in [0, 0.05) is 25.2 Å². The van der Waals surface area contributed by atoms with Crippen LogP contribution >= 0.6 is 23.5 Å². The number of hydrogen-bond acceptors (Lipinski definition) is 4. The maximum atomic E-state index is 11.8. The third-order valence-electron chi connectivity index (χ3n) is 2.56. The van der Waals surface area contributed by atoms with Crippen molar-refractivity contribution in [2.75, 3.05) is 24.0 Å². The molecule has 16 heavy (non-hydrogen) atoms. The number of rotatable bonds is 10. The molecule has 0 aliphatic heterocycles. The average molecular weight is 262 g/mol. The first-order valence-corrected chi connectivity index (χ1v) is 8.46. The van der Waals surface area contributed by atoms with Gasteiger partial charge in [-0.3, -0.25) is 9.59 Å². The van der Waals surface area contributed by atoms with E-state index in [4.69, 9.17) is 0 Å². The van der Waals surface area contributed by atoms with E-state index in [1.807, 2.05) is 19.4 Å². The van der Waals surface area contributed by atoms with E-state index < -0.39 is 0 Å². The van der Waals surface area contributed by atoms with E-state index in [-0.39, 0.29) is 17.5 Å². The summed E-state index contributed by atoms with van der Waals surface area (Å²) in [4.78, 5) is 23.4.